The standard InChI is InChI=1S/C12H16N2O5S/c1-12(11(15)16)3-4-14(8-12)20(17,18)10-5-9(19-2)6-13-7-10/h5-7H,3-4,8H2,1-2H3,(H,15,16). The van der Waals surface area contributed by atoms with E-state index < -0.39 is 21.4 Å². The van der Waals surface area contributed by atoms with E-state index in [1.54, 1.807) is 6.92 Å². The average Bonchev–Trinajstić information content (AvgIpc) is 2.84. The number of ether oxygens (including phenoxy) is 1. The van der Waals surface area contributed by atoms with Gasteiger partial charge in [-0.1, -0.05) is 0 Å². The lowest BCUT2D eigenvalue weighted by Crippen LogP contribution is -2.34. The van der Waals surface area contributed by atoms with Crippen LogP contribution in [0.15, 0.2) is 23.4 Å². The van der Waals surface area contributed by atoms with E-state index in [2.05, 4.69) is 4.98 Å². The third kappa shape index (κ3) is 2.48. The fourth-order valence-electron chi connectivity index (χ4n) is 2.10. The minimum Gasteiger partial charge on any atom is -0.495 e. The van der Waals surface area contributed by atoms with Crippen molar-refractivity contribution in [3.8, 4) is 5.75 Å². The summed E-state index contributed by atoms with van der Waals surface area (Å²) in [7, 11) is -2.33. The Morgan fingerprint density at radius 1 is 1.50 bits per heavy atom. The van der Waals surface area contributed by atoms with Crippen LogP contribution in [0.1, 0.15) is 13.3 Å². The van der Waals surface area contributed by atoms with Crippen molar-refractivity contribution in [2.75, 3.05) is 20.2 Å². The van der Waals surface area contributed by atoms with Crippen LogP contribution in [-0.2, 0) is 14.8 Å². The number of aliphatic carboxylic acids is 1. The van der Waals surface area contributed by atoms with Crippen LogP contribution in [0.3, 0.4) is 0 Å². The van der Waals surface area contributed by atoms with Gasteiger partial charge in [-0.25, -0.2) is 8.42 Å². The molecule has 0 amide bonds. The fourth-order valence-corrected chi connectivity index (χ4v) is 3.64. The highest BCUT2D eigenvalue weighted by atomic mass is 32.2. The molecule has 1 aliphatic rings. The number of sulfonamides is 1. The Bertz CT molecular complexity index is 630. The maximum atomic E-state index is 12.5. The summed E-state index contributed by atoms with van der Waals surface area (Å²) in [5.41, 5.74) is -1.04. The van der Waals surface area contributed by atoms with E-state index in [9.17, 15) is 13.2 Å². The number of carbonyl (C=O) groups is 1. The highest BCUT2D eigenvalue weighted by Crippen LogP contribution is 2.33. The van der Waals surface area contributed by atoms with Crippen molar-refractivity contribution in [1.82, 2.24) is 9.29 Å². The minimum atomic E-state index is -3.75. The Balaban J connectivity index is 2.30. The van der Waals surface area contributed by atoms with Gasteiger partial charge in [-0.05, 0) is 13.3 Å². The third-order valence-corrected chi connectivity index (χ3v) is 5.33. The zero-order chi connectivity index (χ0) is 15.0. The molecule has 110 valence electrons. The van der Waals surface area contributed by atoms with E-state index in [-0.39, 0.29) is 18.0 Å². The summed E-state index contributed by atoms with van der Waals surface area (Å²) in [5.74, 6) is -0.648. The van der Waals surface area contributed by atoms with Crippen molar-refractivity contribution < 1.29 is 23.1 Å². The van der Waals surface area contributed by atoms with Gasteiger partial charge in [0.25, 0.3) is 0 Å². The Labute approximate surface area is 117 Å². The molecular weight excluding hydrogens is 284 g/mol. The van der Waals surface area contributed by atoms with Crippen molar-refractivity contribution >= 4 is 16.0 Å². The fraction of sp³-hybridized carbons (Fsp3) is 0.500. The quantitative estimate of drug-likeness (QED) is 0.873. The zero-order valence-corrected chi connectivity index (χ0v) is 12.1. The lowest BCUT2D eigenvalue weighted by Gasteiger charge is -2.20. The van der Waals surface area contributed by atoms with Gasteiger partial charge in [-0.2, -0.15) is 4.31 Å². The van der Waals surface area contributed by atoms with Gasteiger partial charge in [0.05, 0.1) is 18.7 Å². The number of pyridine rings is 1. The molecule has 2 heterocycles. The van der Waals surface area contributed by atoms with Crippen molar-refractivity contribution in [2.24, 2.45) is 5.41 Å². The summed E-state index contributed by atoms with van der Waals surface area (Å²) >= 11 is 0. The van der Waals surface area contributed by atoms with Crippen LogP contribution in [-0.4, -0.2) is 49.0 Å². The molecule has 7 nitrogen and oxygen atoms in total. The molecule has 2 rings (SSSR count). The molecule has 0 aliphatic carbocycles. The highest BCUT2D eigenvalue weighted by Gasteiger charge is 2.45. The molecule has 0 aromatic carbocycles. The third-order valence-electron chi connectivity index (χ3n) is 3.52. The molecule has 1 fully saturated rings. The highest BCUT2D eigenvalue weighted by molar-refractivity contribution is 7.89. The van der Waals surface area contributed by atoms with E-state index in [1.165, 1.54) is 29.9 Å². The van der Waals surface area contributed by atoms with Gasteiger partial charge in [-0.3, -0.25) is 9.78 Å². The van der Waals surface area contributed by atoms with E-state index in [0.29, 0.717) is 12.2 Å². The number of aromatic nitrogens is 1. The summed E-state index contributed by atoms with van der Waals surface area (Å²) in [4.78, 5) is 15.0. The first-order valence-electron chi connectivity index (χ1n) is 6.02. The maximum absolute atomic E-state index is 12.5. The number of rotatable bonds is 4. The predicted octanol–water partition coefficient (Wildman–Crippen LogP) is 0.575. The molecule has 0 radical (unpaired) electrons. The first-order chi connectivity index (χ1) is 9.29. The summed E-state index contributed by atoms with van der Waals surface area (Å²) in [6, 6.07) is 1.37. The molecule has 1 N–H and O–H groups in total. The number of hydrogen-bond donors (Lipinski definition) is 1. The normalized spacial score (nSPS) is 23.7. The van der Waals surface area contributed by atoms with Gasteiger partial charge in [-0.15, -0.1) is 0 Å². The van der Waals surface area contributed by atoms with Crippen molar-refractivity contribution in [3.63, 3.8) is 0 Å². The zero-order valence-electron chi connectivity index (χ0n) is 11.2. The molecule has 0 bridgehead atoms. The monoisotopic (exact) mass is 300 g/mol. The van der Waals surface area contributed by atoms with Gasteiger partial charge in [0, 0.05) is 25.4 Å². The smallest absolute Gasteiger partial charge is 0.310 e. The van der Waals surface area contributed by atoms with E-state index in [1.807, 2.05) is 0 Å². The van der Waals surface area contributed by atoms with Crippen LogP contribution < -0.4 is 4.74 Å². The number of nitrogens with zero attached hydrogens (tertiary/aromatic N) is 2. The van der Waals surface area contributed by atoms with Crippen molar-refractivity contribution in [3.05, 3.63) is 18.5 Å². The van der Waals surface area contributed by atoms with Crippen molar-refractivity contribution in [1.29, 1.82) is 0 Å². The topological polar surface area (TPSA) is 96.8 Å². The number of carboxylic acid groups (broad SMARTS) is 1. The van der Waals surface area contributed by atoms with Gasteiger partial charge in [0.15, 0.2) is 0 Å². The lowest BCUT2D eigenvalue weighted by molar-refractivity contribution is -0.146. The summed E-state index contributed by atoms with van der Waals surface area (Å²) in [5, 5.41) is 9.15. The van der Waals surface area contributed by atoms with E-state index in [4.69, 9.17) is 9.84 Å². The number of methoxy groups -OCH3 is 1. The summed E-state index contributed by atoms with van der Waals surface area (Å²) in [6.07, 6.45) is 2.93. The largest absolute Gasteiger partial charge is 0.495 e. The van der Waals surface area contributed by atoms with Crippen LogP contribution in [0, 0.1) is 5.41 Å². The molecule has 1 unspecified atom stereocenters. The van der Waals surface area contributed by atoms with Gasteiger partial charge in [0.2, 0.25) is 10.0 Å². The number of carboxylic acids is 1. The molecular formula is C12H16N2O5S. The molecule has 1 aliphatic heterocycles. The second-order valence-electron chi connectivity index (χ2n) is 5.01. The maximum Gasteiger partial charge on any atom is 0.310 e. The Morgan fingerprint density at radius 2 is 2.20 bits per heavy atom. The Kier molecular flexibility index (Phi) is 3.70. The minimum absolute atomic E-state index is 0.00601. The molecule has 1 aromatic rings. The van der Waals surface area contributed by atoms with Crippen LogP contribution in [0.2, 0.25) is 0 Å². The second-order valence-corrected chi connectivity index (χ2v) is 6.95. The molecule has 0 saturated carbocycles. The van der Waals surface area contributed by atoms with E-state index in [0.717, 1.165) is 0 Å². The predicted molar refractivity (Wildman–Crippen MR) is 69.9 cm³/mol. The molecule has 1 atom stereocenters. The SMILES string of the molecule is COc1cncc(S(=O)(=O)N2CCC(C)(C(=O)O)C2)c1. The van der Waals surface area contributed by atoms with Gasteiger partial charge in [0.1, 0.15) is 10.6 Å². The Hall–Kier alpha value is -1.67. The summed E-state index contributed by atoms with van der Waals surface area (Å²) in [6.45, 7) is 1.69. The second kappa shape index (κ2) is 5.02. The van der Waals surface area contributed by atoms with Crippen molar-refractivity contribution in [2.45, 2.75) is 18.2 Å². The summed E-state index contributed by atoms with van der Waals surface area (Å²) < 4.78 is 31.0. The first-order valence-corrected chi connectivity index (χ1v) is 7.46. The van der Waals surface area contributed by atoms with Gasteiger partial charge < -0.3 is 9.84 Å². The van der Waals surface area contributed by atoms with Crippen LogP contribution in [0.25, 0.3) is 0 Å². The molecule has 8 heteroatoms. The van der Waals surface area contributed by atoms with Crippen LogP contribution in [0.5, 0.6) is 5.75 Å². The Morgan fingerprint density at radius 3 is 2.75 bits per heavy atom. The van der Waals surface area contributed by atoms with Crippen LogP contribution >= 0.6 is 0 Å². The molecule has 1 saturated heterocycles. The molecule has 1 aromatic heterocycles. The first kappa shape index (κ1) is 14.7. The van der Waals surface area contributed by atoms with Gasteiger partial charge >= 0.3 is 5.97 Å². The molecule has 20 heavy (non-hydrogen) atoms. The van der Waals surface area contributed by atoms with E-state index >= 15 is 0 Å². The van der Waals surface area contributed by atoms with Crippen LogP contribution in [0.4, 0.5) is 0 Å². The lowest BCUT2D eigenvalue weighted by atomic mass is 9.90. The number of hydrogen-bond acceptors (Lipinski definition) is 5. The molecule has 0 spiro atoms. The average molecular weight is 300 g/mol.